The molecule has 0 aliphatic carbocycles. The molecule has 4 aromatic carbocycles. The first-order valence-electron chi connectivity index (χ1n) is 18.0. The molecule has 53 heavy (non-hydrogen) atoms. The van der Waals surface area contributed by atoms with Crippen molar-refractivity contribution in [1.29, 1.82) is 0 Å². The van der Waals surface area contributed by atoms with Gasteiger partial charge in [0.25, 0.3) is 0 Å². The van der Waals surface area contributed by atoms with Crippen LogP contribution in [0.15, 0.2) is 128 Å². The van der Waals surface area contributed by atoms with E-state index < -0.39 is 29.2 Å². The summed E-state index contributed by atoms with van der Waals surface area (Å²) in [5, 5.41) is 8.47. The van der Waals surface area contributed by atoms with Crippen molar-refractivity contribution in [3.05, 3.63) is 156 Å². The van der Waals surface area contributed by atoms with Crippen LogP contribution in [0.25, 0.3) is 0 Å². The van der Waals surface area contributed by atoms with E-state index in [2.05, 4.69) is 56.9 Å². The monoisotopic (exact) mass is 715 g/mol. The van der Waals surface area contributed by atoms with E-state index in [4.69, 9.17) is 14.5 Å². The zero-order chi connectivity index (χ0) is 37.7. The van der Waals surface area contributed by atoms with Crippen LogP contribution in [-0.2, 0) is 32.8 Å². The zero-order valence-corrected chi connectivity index (χ0v) is 30.9. The van der Waals surface area contributed by atoms with Crippen molar-refractivity contribution < 1.29 is 23.9 Å². The number of nitrogens with one attached hydrogen (secondary N) is 3. The Morgan fingerprint density at radius 3 is 1.87 bits per heavy atom. The van der Waals surface area contributed by atoms with Crippen LogP contribution in [0.1, 0.15) is 68.5 Å². The molecule has 0 radical (unpaired) electrons. The Morgan fingerprint density at radius 2 is 1.34 bits per heavy atom. The number of carbonyl (C=O) groups is 3. The SMILES string of the molecule is CCCOc1ccc(CNC(=O)[C@H](Cc2cn(C(c3ccccc3)(c3ccccc3)c3ccccc3)cn2)NC(=O)CCNC(=O)OC(C)(C)C)cc1. The Bertz CT molecular complexity index is 1810. The third-order valence-corrected chi connectivity index (χ3v) is 8.55. The number of rotatable bonds is 16. The molecule has 1 atom stereocenters. The van der Waals surface area contributed by atoms with Crippen molar-refractivity contribution in [2.45, 2.75) is 70.7 Å². The predicted molar refractivity (Wildman–Crippen MR) is 205 cm³/mol. The van der Waals surface area contributed by atoms with Crippen LogP contribution in [0.2, 0.25) is 0 Å². The average Bonchev–Trinajstić information content (AvgIpc) is 3.62. The maximum Gasteiger partial charge on any atom is 0.407 e. The number of amides is 3. The number of hydrogen-bond acceptors (Lipinski definition) is 6. The molecule has 5 aromatic rings. The van der Waals surface area contributed by atoms with E-state index in [9.17, 15) is 14.4 Å². The number of ether oxygens (including phenoxy) is 2. The van der Waals surface area contributed by atoms with E-state index in [-0.39, 0.29) is 31.8 Å². The van der Waals surface area contributed by atoms with Gasteiger partial charge in [0.2, 0.25) is 11.8 Å². The Labute approximate surface area is 311 Å². The minimum absolute atomic E-state index is 0.0455. The number of imidazole rings is 1. The highest BCUT2D eigenvalue weighted by molar-refractivity contribution is 5.88. The highest BCUT2D eigenvalue weighted by Crippen LogP contribution is 2.40. The molecule has 0 aliphatic rings. The Morgan fingerprint density at radius 1 is 0.774 bits per heavy atom. The van der Waals surface area contributed by atoms with Crippen molar-refractivity contribution in [2.75, 3.05) is 13.2 Å². The van der Waals surface area contributed by atoms with Crippen LogP contribution in [0.5, 0.6) is 5.75 Å². The van der Waals surface area contributed by atoms with Gasteiger partial charge >= 0.3 is 6.09 Å². The van der Waals surface area contributed by atoms with Gasteiger partial charge in [-0.1, -0.05) is 110 Å². The molecule has 0 saturated heterocycles. The summed E-state index contributed by atoms with van der Waals surface area (Å²) in [4.78, 5) is 44.0. The van der Waals surface area contributed by atoms with E-state index in [1.54, 1.807) is 27.1 Å². The van der Waals surface area contributed by atoms with Crippen molar-refractivity contribution in [3.8, 4) is 5.75 Å². The summed E-state index contributed by atoms with van der Waals surface area (Å²) in [5.74, 6) is 0.00486. The fourth-order valence-corrected chi connectivity index (χ4v) is 6.15. The molecule has 1 heterocycles. The van der Waals surface area contributed by atoms with Gasteiger partial charge in [-0.25, -0.2) is 9.78 Å². The maximum absolute atomic E-state index is 13.8. The molecule has 0 saturated carbocycles. The molecule has 10 heteroatoms. The normalized spacial score (nSPS) is 12.0. The number of carbonyl (C=O) groups excluding carboxylic acids is 3. The van der Waals surface area contributed by atoms with Crippen LogP contribution in [-0.4, -0.2) is 52.3 Å². The van der Waals surface area contributed by atoms with Gasteiger partial charge in [0, 0.05) is 32.1 Å². The summed E-state index contributed by atoms with van der Waals surface area (Å²) in [6.07, 6.45) is 4.10. The van der Waals surface area contributed by atoms with Crippen molar-refractivity contribution >= 4 is 17.9 Å². The Kier molecular flexibility index (Phi) is 13.0. The minimum Gasteiger partial charge on any atom is -0.494 e. The van der Waals surface area contributed by atoms with Crippen molar-refractivity contribution in [3.63, 3.8) is 0 Å². The van der Waals surface area contributed by atoms with Crippen LogP contribution >= 0.6 is 0 Å². The minimum atomic E-state index is -0.945. The molecular weight excluding hydrogens is 667 g/mol. The first-order valence-corrected chi connectivity index (χ1v) is 18.0. The summed E-state index contributed by atoms with van der Waals surface area (Å²) in [6, 6.07) is 37.3. The van der Waals surface area contributed by atoms with Gasteiger partial charge in [-0.2, -0.15) is 0 Å². The first-order chi connectivity index (χ1) is 25.6. The lowest BCUT2D eigenvalue weighted by atomic mass is 9.77. The fourth-order valence-electron chi connectivity index (χ4n) is 6.15. The van der Waals surface area contributed by atoms with Gasteiger partial charge < -0.3 is 30.0 Å². The molecule has 10 nitrogen and oxygen atoms in total. The van der Waals surface area contributed by atoms with E-state index in [1.807, 2.05) is 92.0 Å². The second-order valence-electron chi connectivity index (χ2n) is 13.8. The van der Waals surface area contributed by atoms with E-state index in [0.717, 1.165) is 34.4 Å². The van der Waals surface area contributed by atoms with Crippen LogP contribution in [0.4, 0.5) is 4.79 Å². The number of aromatic nitrogens is 2. The number of nitrogens with zero attached hydrogens (tertiary/aromatic N) is 2. The summed E-state index contributed by atoms with van der Waals surface area (Å²) in [7, 11) is 0. The molecule has 0 aliphatic heterocycles. The van der Waals surface area contributed by atoms with E-state index >= 15 is 0 Å². The third kappa shape index (κ3) is 10.3. The molecule has 0 unspecified atom stereocenters. The molecular formula is C43H49N5O5. The molecule has 3 N–H and O–H groups in total. The summed E-state index contributed by atoms with van der Waals surface area (Å²) in [5.41, 5.74) is 3.16. The fraction of sp³-hybridized carbons (Fsp3) is 0.302. The van der Waals surface area contributed by atoms with Crippen LogP contribution < -0.4 is 20.7 Å². The smallest absolute Gasteiger partial charge is 0.407 e. The molecule has 1 aromatic heterocycles. The molecule has 0 spiro atoms. The standard InChI is InChI=1S/C43H49N5O5/c1-5-27-52-37-23-21-32(22-24-37)29-45-40(50)38(47-39(49)25-26-44-41(51)53-42(2,3)4)28-36-30-48(31-46-36)43(33-15-9-6-10-16-33,34-17-11-7-12-18-34)35-19-13-8-14-20-35/h6-24,30-31,38H,5,25-29H2,1-4H3,(H,44,51)(H,45,50)(H,47,49)/t38-/m0/s1. The third-order valence-electron chi connectivity index (χ3n) is 8.55. The lowest BCUT2D eigenvalue weighted by molar-refractivity contribution is -0.129. The summed E-state index contributed by atoms with van der Waals surface area (Å²) >= 11 is 0. The van der Waals surface area contributed by atoms with Gasteiger partial charge in [0.15, 0.2) is 0 Å². The summed E-state index contributed by atoms with van der Waals surface area (Å²) < 4.78 is 13.0. The lowest BCUT2D eigenvalue weighted by Crippen LogP contribution is -2.48. The predicted octanol–water partition coefficient (Wildman–Crippen LogP) is 6.77. The molecule has 0 fully saturated rings. The number of alkyl carbamates (subject to hydrolysis) is 1. The molecule has 3 amide bonds. The van der Waals surface area contributed by atoms with Gasteiger partial charge in [-0.3, -0.25) is 9.59 Å². The Hall–Kier alpha value is -5.90. The van der Waals surface area contributed by atoms with E-state index in [1.165, 1.54) is 0 Å². The second kappa shape index (κ2) is 18.0. The quantitative estimate of drug-likeness (QED) is 0.0970. The van der Waals surface area contributed by atoms with Gasteiger partial charge in [0.1, 0.15) is 22.9 Å². The highest BCUT2D eigenvalue weighted by atomic mass is 16.6. The van der Waals surface area contributed by atoms with Gasteiger partial charge in [-0.15, -0.1) is 0 Å². The Balaban J connectivity index is 1.41. The first kappa shape index (κ1) is 38.3. The molecule has 5 rings (SSSR count). The highest BCUT2D eigenvalue weighted by Gasteiger charge is 2.38. The molecule has 276 valence electrons. The van der Waals surface area contributed by atoms with Crippen LogP contribution in [0, 0.1) is 0 Å². The summed E-state index contributed by atoms with van der Waals surface area (Å²) in [6.45, 7) is 8.28. The number of benzene rings is 4. The largest absolute Gasteiger partial charge is 0.494 e. The zero-order valence-electron chi connectivity index (χ0n) is 30.9. The molecule has 0 bridgehead atoms. The van der Waals surface area contributed by atoms with Gasteiger partial charge in [0.05, 0.1) is 18.6 Å². The average molecular weight is 716 g/mol. The van der Waals surface area contributed by atoms with E-state index in [0.29, 0.717) is 12.3 Å². The second-order valence-corrected chi connectivity index (χ2v) is 13.8. The number of hydrogen-bond donors (Lipinski definition) is 3. The van der Waals surface area contributed by atoms with Crippen LogP contribution in [0.3, 0.4) is 0 Å². The van der Waals surface area contributed by atoms with Crippen molar-refractivity contribution in [1.82, 2.24) is 25.5 Å². The topological polar surface area (TPSA) is 124 Å². The van der Waals surface area contributed by atoms with Gasteiger partial charge in [-0.05, 0) is 61.6 Å². The lowest BCUT2D eigenvalue weighted by Gasteiger charge is -2.37. The van der Waals surface area contributed by atoms with Crippen molar-refractivity contribution in [2.24, 2.45) is 0 Å². The maximum atomic E-state index is 13.8.